The van der Waals surface area contributed by atoms with E-state index in [-0.39, 0.29) is 5.82 Å². The number of halogens is 1. The van der Waals surface area contributed by atoms with Crippen LogP contribution in [-0.4, -0.2) is 13.1 Å². The highest BCUT2D eigenvalue weighted by atomic mass is 19.1. The number of benzene rings is 1. The molecule has 104 valence electrons. The van der Waals surface area contributed by atoms with Gasteiger partial charge >= 0.3 is 0 Å². The molecule has 19 heavy (non-hydrogen) atoms. The van der Waals surface area contributed by atoms with Crippen molar-refractivity contribution in [2.45, 2.75) is 38.6 Å². The van der Waals surface area contributed by atoms with Crippen molar-refractivity contribution < 1.29 is 4.39 Å². The molecule has 2 aliphatic rings. The Morgan fingerprint density at radius 2 is 1.95 bits per heavy atom. The van der Waals surface area contributed by atoms with E-state index in [0.717, 1.165) is 36.2 Å². The van der Waals surface area contributed by atoms with E-state index in [2.05, 4.69) is 4.90 Å². The minimum Gasteiger partial charge on any atom is -0.369 e. The number of hydrogen-bond donors (Lipinski definition) is 1. The number of piperidine rings is 1. The molecule has 0 aromatic heterocycles. The van der Waals surface area contributed by atoms with Crippen LogP contribution in [0.2, 0.25) is 0 Å². The Morgan fingerprint density at radius 1 is 1.16 bits per heavy atom. The van der Waals surface area contributed by atoms with Crippen LogP contribution in [0, 0.1) is 17.7 Å². The van der Waals surface area contributed by atoms with Crippen molar-refractivity contribution in [3.8, 4) is 0 Å². The van der Waals surface area contributed by atoms with E-state index in [9.17, 15) is 4.39 Å². The van der Waals surface area contributed by atoms with Crippen LogP contribution in [0.25, 0.3) is 0 Å². The van der Waals surface area contributed by atoms with Crippen molar-refractivity contribution in [1.29, 1.82) is 0 Å². The summed E-state index contributed by atoms with van der Waals surface area (Å²) in [6, 6.07) is 5.44. The molecule has 2 nitrogen and oxygen atoms in total. The number of anilines is 1. The maximum atomic E-state index is 14.1. The second-order valence-corrected chi connectivity index (χ2v) is 6.03. The summed E-state index contributed by atoms with van der Waals surface area (Å²) in [5.74, 6) is 1.55. The molecule has 0 radical (unpaired) electrons. The first-order valence-electron chi connectivity index (χ1n) is 7.51. The normalized spacial score (nSPS) is 27.2. The molecule has 0 spiro atoms. The molecule has 1 aliphatic heterocycles. The van der Waals surface area contributed by atoms with E-state index in [0.29, 0.717) is 6.54 Å². The van der Waals surface area contributed by atoms with Gasteiger partial charge in [-0.15, -0.1) is 0 Å². The van der Waals surface area contributed by atoms with Crippen LogP contribution in [0.3, 0.4) is 0 Å². The first kappa shape index (κ1) is 12.9. The molecule has 1 saturated heterocycles. The van der Waals surface area contributed by atoms with Crippen molar-refractivity contribution in [2.75, 3.05) is 18.0 Å². The van der Waals surface area contributed by atoms with Crippen molar-refractivity contribution >= 4 is 5.69 Å². The molecule has 1 aliphatic carbocycles. The summed E-state index contributed by atoms with van der Waals surface area (Å²) in [5, 5.41) is 0. The molecule has 1 aromatic rings. The zero-order valence-corrected chi connectivity index (χ0v) is 11.4. The zero-order chi connectivity index (χ0) is 13.2. The maximum absolute atomic E-state index is 14.1. The van der Waals surface area contributed by atoms with Crippen molar-refractivity contribution in [3.05, 3.63) is 29.6 Å². The van der Waals surface area contributed by atoms with Gasteiger partial charge in [0.1, 0.15) is 5.82 Å². The van der Waals surface area contributed by atoms with Gasteiger partial charge in [-0.25, -0.2) is 4.39 Å². The molecule has 1 aromatic carbocycles. The largest absolute Gasteiger partial charge is 0.369 e. The Hall–Kier alpha value is -1.09. The first-order chi connectivity index (χ1) is 9.28. The molecule has 2 N–H and O–H groups in total. The van der Waals surface area contributed by atoms with Gasteiger partial charge in [-0.3, -0.25) is 0 Å². The molecule has 2 fully saturated rings. The van der Waals surface area contributed by atoms with E-state index in [1.165, 1.54) is 32.1 Å². The van der Waals surface area contributed by atoms with Gasteiger partial charge in [0.25, 0.3) is 0 Å². The molecular weight excluding hydrogens is 239 g/mol. The summed E-state index contributed by atoms with van der Waals surface area (Å²) in [6.45, 7) is 2.44. The van der Waals surface area contributed by atoms with Crippen LogP contribution in [0.4, 0.5) is 10.1 Å². The standard InChI is InChI=1S/C16H23FN2/c17-15-9-12(10-18)5-6-16(15)19-8-7-13-3-1-2-4-14(13)11-19/h5-6,9,13-14H,1-4,7-8,10-11,18H2. The third-order valence-corrected chi connectivity index (χ3v) is 4.88. The summed E-state index contributed by atoms with van der Waals surface area (Å²) in [6.07, 6.45) is 6.67. The number of fused-ring (bicyclic) bond motifs is 1. The second-order valence-electron chi connectivity index (χ2n) is 6.03. The summed E-state index contributed by atoms with van der Waals surface area (Å²) >= 11 is 0. The van der Waals surface area contributed by atoms with E-state index in [1.54, 1.807) is 6.07 Å². The lowest BCUT2D eigenvalue weighted by Crippen LogP contribution is -2.42. The highest BCUT2D eigenvalue weighted by Gasteiger charge is 2.31. The number of nitrogens with zero attached hydrogens (tertiary/aromatic N) is 1. The quantitative estimate of drug-likeness (QED) is 0.886. The van der Waals surface area contributed by atoms with Crippen molar-refractivity contribution in [3.63, 3.8) is 0 Å². The highest BCUT2D eigenvalue weighted by molar-refractivity contribution is 5.49. The van der Waals surface area contributed by atoms with Gasteiger partial charge in [0.05, 0.1) is 5.69 Å². The molecule has 3 heteroatoms. The average molecular weight is 262 g/mol. The molecule has 2 unspecified atom stereocenters. The lowest BCUT2D eigenvalue weighted by molar-refractivity contribution is 0.202. The number of hydrogen-bond acceptors (Lipinski definition) is 2. The summed E-state index contributed by atoms with van der Waals surface area (Å²) < 4.78 is 14.1. The fraction of sp³-hybridized carbons (Fsp3) is 0.625. The van der Waals surface area contributed by atoms with E-state index < -0.39 is 0 Å². The van der Waals surface area contributed by atoms with Gasteiger partial charge in [0.15, 0.2) is 0 Å². The average Bonchev–Trinajstić information content (AvgIpc) is 2.46. The van der Waals surface area contributed by atoms with Crippen LogP contribution in [-0.2, 0) is 6.54 Å². The third-order valence-electron chi connectivity index (χ3n) is 4.88. The molecule has 0 amide bonds. The zero-order valence-electron chi connectivity index (χ0n) is 11.4. The number of rotatable bonds is 2. The Morgan fingerprint density at radius 3 is 2.68 bits per heavy atom. The van der Waals surface area contributed by atoms with Crippen LogP contribution < -0.4 is 10.6 Å². The van der Waals surface area contributed by atoms with Gasteiger partial charge in [0, 0.05) is 19.6 Å². The van der Waals surface area contributed by atoms with Gasteiger partial charge in [-0.05, 0) is 42.4 Å². The van der Waals surface area contributed by atoms with Gasteiger partial charge in [0.2, 0.25) is 0 Å². The third kappa shape index (κ3) is 2.62. The fourth-order valence-electron chi connectivity index (χ4n) is 3.75. The molecule has 2 atom stereocenters. The molecule has 3 rings (SSSR count). The van der Waals surface area contributed by atoms with Gasteiger partial charge < -0.3 is 10.6 Å². The summed E-state index contributed by atoms with van der Waals surface area (Å²) in [5.41, 5.74) is 7.19. The minimum absolute atomic E-state index is 0.114. The summed E-state index contributed by atoms with van der Waals surface area (Å²) in [4.78, 5) is 2.24. The van der Waals surface area contributed by atoms with Crippen LogP contribution in [0.5, 0.6) is 0 Å². The number of nitrogens with two attached hydrogens (primary N) is 1. The molecular formula is C16H23FN2. The lowest BCUT2D eigenvalue weighted by atomic mass is 9.75. The molecule has 1 heterocycles. The predicted octanol–water partition coefficient (Wildman–Crippen LogP) is 3.30. The Bertz CT molecular complexity index is 446. The van der Waals surface area contributed by atoms with E-state index in [1.807, 2.05) is 12.1 Å². The van der Waals surface area contributed by atoms with Gasteiger partial charge in [-0.1, -0.05) is 25.3 Å². The Balaban J connectivity index is 1.75. The fourth-order valence-corrected chi connectivity index (χ4v) is 3.75. The second kappa shape index (κ2) is 5.49. The lowest BCUT2D eigenvalue weighted by Gasteiger charge is -2.42. The summed E-state index contributed by atoms with van der Waals surface area (Å²) in [7, 11) is 0. The van der Waals surface area contributed by atoms with Crippen LogP contribution in [0.1, 0.15) is 37.7 Å². The van der Waals surface area contributed by atoms with Crippen LogP contribution in [0.15, 0.2) is 18.2 Å². The van der Waals surface area contributed by atoms with Gasteiger partial charge in [-0.2, -0.15) is 0 Å². The van der Waals surface area contributed by atoms with E-state index >= 15 is 0 Å². The predicted molar refractivity (Wildman–Crippen MR) is 76.6 cm³/mol. The molecule has 1 saturated carbocycles. The minimum atomic E-state index is -0.114. The SMILES string of the molecule is NCc1ccc(N2CCC3CCCCC3C2)c(F)c1. The topological polar surface area (TPSA) is 29.3 Å². The smallest absolute Gasteiger partial charge is 0.146 e. The monoisotopic (exact) mass is 262 g/mol. The highest BCUT2D eigenvalue weighted by Crippen LogP contribution is 2.38. The Kier molecular flexibility index (Phi) is 3.74. The van der Waals surface area contributed by atoms with Crippen molar-refractivity contribution in [1.82, 2.24) is 0 Å². The van der Waals surface area contributed by atoms with Crippen LogP contribution >= 0.6 is 0 Å². The Labute approximate surface area is 114 Å². The molecule has 0 bridgehead atoms. The van der Waals surface area contributed by atoms with E-state index in [4.69, 9.17) is 5.73 Å². The van der Waals surface area contributed by atoms with Crippen molar-refractivity contribution in [2.24, 2.45) is 17.6 Å². The maximum Gasteiger partial charge on any atom is 0.146 e. The first-order valence-corrected chi connectivity index (χ1v) is 7.51.